The average Bonchev–Trinajstić information content (AvgIpc) is 3.05. The van der Waals surface area contributed by atoms with E-state index in [1.807, 2.05) is 35.7 Å². The number of ether oxygens (including phenoxy) is 1. The standard InChI is InChI=1S/C16H20N6O/c1-10-17-20-15-13(14(16(2,3)4)21-22(10)15)19-18-11-8-6-7-9-12(11)23-5/h6-9,21H,1-5H3. The van der Waals surface area contributed by atoms with Gasteiger partial charge >= 0.3 is 0 Å². The molecule has 0 aliphatic carbocycles. The molecule has 0 spiro atoms. The molecule has 0 aliphatic heterocycles. The van der Waals surface area contributed by atoms with E-state index < -0.39 is 0 Å². The van der Waals surface area contributed by atoms with Crippen molar-refractivity contribution in [3.05, 3.63) is 35.8 Å². The Kier molecular flexibility index (Phi) is 3.63. The summed E-state index contributed by atoms with van der Waals surface area (Å²) in [7, 11) is 1.62. The minimum atomic E-state index is -0.123. The Morgan fingerprint density at radius 1 is 1.13 bits per heavy atom. The van der Waals surface area contributed by atoms with Gasteiger partial charge in [0.1, 0.15) is 17.3 Å². The van der Waals surface area contributed by atoms with Crippen molar-refractivity contribution in [1.82, 2.24) is 19.8 Å². The zero-order chi connectivity index (χ0) is 16.6. The molecule has 1 N–H and O–H groups in total. The van der Waals surface area contributed by atoms with Gasteiger partial charge in [0, 0.05) is 5.41 Å². The summed E-state index contributed by atoms with van der Waals surface area (Å²) >= 11 is 0. The lowest BCUT2D eigenvalue weighted by molar-refractivity contribution is 0.416. The second kappa shape index (κ2) is 5.49. The number of H-pyrrole nitrogens is 1. The van der Waals surface area contributed by atoms with Crippen LogP contribution in [0.5, 0.6) is 5.75 Å². The average molecular weight is 312 g/mol. The van der Waals surface area contributed by atoms with Gasteiger partial charge in [0.2, 0.25) is 5.65 Å². The van der Waals surface area contributed by atoms with Crippen LogP contribution in [0.2, 0.25) is 0 Å². The molecule has 0 aliphatic rings. The normalized spacial score (nSPS) is 12.4. The highest BCUT2D eigenvalue weighted by Gasteiger charge is 2.25. The Balaban J connectivity index is 2.13. The molecule has 0 saturated carbocycles. The first-order valence-corrected chi connectivity index (χ1v) is 7.40. The Morgan fingerprint density at radius 2 is 1.87 bits per heavy atom. The molecule has 3 rings (SSSR count). The van der Waals surface area contributed by atoms with E-state index in [2.05, 4.69) is 46.3 Å². The van der Waals surface area contributed by atoms with Crippen molar-refractivity contribution in [2.75, 3.05) is 7.11 Å². The maximum atomic E-state index is 5.31. The first-order chi connectivity index (χ1) is 10.9. The van der Waals surface area contributed by atoms with Gasteiger partial charge in [-0.25, -0.2) is 4.52 Å². The van der Waals surface area contributed by atoms with Crippen LogP contribution in [-0.4, -0.2) is 26.9 Å². The molecule has 0 bridgehead atoms. The molecule has 0 saturated heterocycles. The Bertz CT molecular complexity index is 868. The predicted octanol–water partition coefficient (Wildman–Crippen LogP) is 4.09. The summed E-state index contributed by atoms with van der Waals surface area (Å²) in [6, 6.07) is 7.51. The molecule has 7 nitrogen and oxygen atoms in total. The van der Waals surface area contributed by atoms with Crippen LogP contribution in [0.4, 0.5) is 11.4 Å². The highest BCUT2D eigenvalue weighted by molar-refractivity contribution is 5.68. The van der Waals surface area contributed by atoms with Gasteiger partial charge in [-0.2, -0.15) is 0 Å². The zero-order valence-electron chi connectivity index (χ0n) is 14.0. The van der Waals surface area contributed by atoms with Crippen LogP contribution >= 0.6 is 0 Å². The molecular weight excluding hydrogens is 292 g/mol. The molecule has 1 aromatic carbocycles. The number of nitrogens with one attached hydrogen (secondary N) is 1. The fourth-order valence-corrected chi connectivity index (χ4v) is 2.36. The zero-order valence-corrected chi connectivity index (χ0v) is 14.0. The third kappa shape index (κ3) is 2.69. The highest BCUT2D eigenvalue weighted by Crippen LogP contribution is 2.36. The minimum Gasteiger partial charge on any atom is -0.494 e. The number of aromatic nitrogens is 4. The SMILES string of the molecule is COc1ccccc1N=Nc1c(C(C)(C)C)[nH]n2c(C)nnc12. The molecule has 120 valence electrons. The minimum absolute atomic E-state index is 0.123. The largest absolute Gasteiger partial charge is 0.494 e. The van der Waals surface area contributed by atoms with Gasteiger partial charge in [0.05, 0.1) is 12.8 Å². The van der Waals surface area contributed by atoms with Gasteiger partial charge in [-0.05, 0) is 19.1 Å². The van der Waals surface area contributed by atoms with E-state index in [1.165, 1.54) is 0 Å². The molecule has 0 unspecified atom stereocenters. The van der Waals surface area contributed by atoms with E-state index in [-0.39, 0.29) is 5.41 Å². The molecule has 0 amide bonds. The number of rotatable bonds is 3. The Morgan fingerprint density at radius 3 is 2.57 bits per heavy atom. The maximum absolute atomic E-state index is 5.31. The fraction of sp³-hybridized carbons (Fsp3) is 0.375. The van der Waals surface area contributed by atoms with Crippen LogP contribution in [0.15, 0.2) is 34.5 Å². The summed E-state index contributed by atoms with van der Waals surface area (Å²) < 4.78 is 7.14. The molecule has 0 atom stereocenters. The van der Waals surface area contributed by atoms with Crippen molar-refractivity contribution < 1.29 is 4.74 Å². The summed E-state index contributed by atoms with van der Waals surface area (Å²) in [5.74, 6) is 1.46. The van der Waals surface area contributed by atoms with Gasteiger partial charge in [0.25, 0.3) is 0 Å². The summed E-state index contributed by atoms with van der Waals surface area (Å²) in [5, 5.41) is 20.4. The number of para-hydroxylation sites is 1. The quantitative estimate of drug-likeness (QED) is 0.740. The number of azo groups is 1. The molecule has 2 heterocycles. The molecule has 0 fully saturated rings. The lowest BCUT2D eigenvalue weighted by Crippen LogP contribution is -2.12. The summed E-state index contributed by atoms with van der Waals surface area (Å²) in [5.41, 5.74) is 2.88. The van der Waals surface area contributed by atoms with Gasteiger partial charge in [-0.3, -0.25) is 5.10 Å². The lowest BCUT2D eigenvalue weighted by atomic mass is 9.91. The highest BCUT2D eigenvalue weighted by atomic mass is 16.5. The molecule has 2 aromatic heterocycles. The van der Waals surface area contributed by atoms with Gasteiger partial charge in [-0.15, -0.1) is 20.4 Å². The number of methoxy groups -OCH3 is 1. The molecule has 7 heteroatoms. The monoisotopic (exact) mass is 312 g/mol. The number of aromatic amines is 1. The maximum Gasteiger partial charge on any atom is 0.205 e. The van der Waals surface area contributed by atoms with E-state index >= 15 is 0 Å². The Labute approximate surface area is 134 Å². The third-order valence-electron chi connectivity index (χ3n) is 3.59. The van der Waals surface area contributed by atoms with E-state index in [0.29, 0.717) is 22.8 Å². The Hall–Kier alpha value is -2.70. The first kappa shape index (κ1) is 15.2. The number of hydrogen-bond acceptors (Lipinski definition) is 5. The van der Waals surface area contributed by atoms with E-state index in [1.54, 1.807) is 7.11 Å². The second-order valence-corrected chi connectivity index (χ2v) is 6.36. The topological polar surface area (TPSA) is 79.9 Å². The molecule has 23 heavy (non-hydrogen) atoms. The summed E-state index contributed by atoms with van der Waals surface area (Å²) in [4.78, 5) is 0. The molecule has 3 aromatic rings. The van der Waals surface area contributed by atoms with Crippen LogP contribution in [0, 0.1) is 6.92 Å². The van der Waals surface area contributed by atoms with Crippen LogP contribution in [0.3, 0.4) is 0 Å². The number of fused-ring (bicyclic) bond motifs is 1. The van der Waals surface area contributed by atoms with Crippen molar-refractivity contribution in [2.24, 2.45) is 10.2 Å². The van der Waals surface area contributed by atoms with Crippen molar-refractivity contribution >= 4 is 17.0 Å². The smallest absolute Gasteiger partial charge is 0.205 e. The van der Waals surface area contributed by atoms with Crippen molar-refractivity contribution in [3.8, 4) is 5.75 Å². The van der Waals surface area contributed by atoms with Crippen LogP contribution in [0.1, 0.15) is 32.3 Å². The predicted molar refractivity (Wildman–Crippen MR) is 87.9 cm³/mol. The lowest BCUT2D eigenvalue weighted by Gasteiger charge is -2.16. The number of hydrogen-bond donors (Lipinski definition) is 1. The van der Waals surface area contributed by atoms with Crippen molar-refractivity contribution in [1.29, 1.82) is 0 Å². The van der Waals surface area contributed by atoms with Gasteiger partial charge in [0.15, 0.2) is 5.69 Å². The first-order valence-electron chi connectivity index (χ1n) is 7.40. The van der Waals surface area contributed by atoms with Crippen molar-refractivity contribution in [2.45, 2.75) is 33.1 Å². The summed E-state index contributed by atoms with van der Waals surface area (Å²) in [6.07, 6.45) is 0. The fourth-order valence-electron chi connectivity index (χ4n) is 2.36. The number of aryl methyl sites for hydroxylation is 1. The molecule has 0 radical (unpaired) electrons. The van der Waals surface area contributed by atoms with Crippen LogP contribution in [0.25, 0.3) is 5.65 Å². The second-order valence-electron chi connectivity index (χ2n) is 6.36. The molecular formula is C16H20N6O. The van der Waals surface area contributed by atoms with E-state index in [0.717, 1.165) is 11.5 Å². The number of benzene rings is 1. The van der Waals surface area contributed by atoms with E-state index in [9.17, 15) is 0 Å². The number of nitrogens with zero attached hydrogens (tertiary/aromatic N) is 5. The van der Waals surface area contributed by atoms with Gasteiger partial charge < -0.3 is 4.74 Å². The third-order valence-corrected chi connectivity index (χ3v) is 3.59. The summed E-state index contributed by atoms with van der Waals surface area (Å²) in [6.45, 7) is 8.24. The van der Waals surface area contributed by atoms with Crippen LogP contribution in [-0.2, 0) is 5.41 Å². The van der Waals surface area contributed by atoms with Crippen molar-refractivity contribution in [3.63, 3.8) is 0 Å². The van der Waals surface area contributed by atoms with Crippen LogP contribution < -0.4 is 4.74 Å². The van der Waals surface area contributed by atoms with E-state index in [4.69, 9.17) is 4.74 Å². The van der Waals surface area contributed by atoms with Gasteiger partial charge in [-0.1, -0.05) is 32.9 Å².